The number of carbonyl (C=O) groups excluding carboxylic acids is 2. The Kier molecular flexibility index (Phi) is 9.08. The Morgan fingerprint density at radius 3 is 2.62 bits per heavy atom. The zero-order valence-corrected chi connectivity index (χ0v) is 22.4. The minimum atomic E-state index is -2.54. The molecule has 4 rings (SSSR count). The van der Waals surface area contributed by atoms with Crippen molar-refractivity contribution in [2.24, 2.45) is 0 Å². The number of rotatable bonds is 12. The lowest BCUT2D eigenvalue weighted by atomic mass is 10.1. The SMILES string of the molecule is CCNCCNC(=O)CN(CC(=O)N(C)N1Cc2ccc(F)cc2C1)c1cc2nn(CC(F)F)cc2cc1C. The van der Waals surface area contributed by atoms with Crippen LogP contribution in [0.3, 0.4) is 0 Å². The van der Waals surface area contributed by atoms with E-state index in [-0.39, 0.29) is 30.7 Å². The number of fused-ring (bicyclic) bond motifs is 2. The fraction of sp³-hybridized carbons (Fsp3) is 0.444. The third kappa shape index (κ3) is 7.07. The Morgan fingerprint density at radius 2 is 1.87 bits per heavy atom. The second-order valence-electron chi connectivity index (χ2n) is 9.65. The Bertz CT molecular complexity index is 1330. The third-order valence-corrected chi connectivity index (χ3v) is 6.73. The number of aromatic nitrogens is 2. The number of hydrogen-bond acceptors (Lipinski definition) is 6. The van der Waals surface area contributed by atoms with E-state index in [0.717, 1.165) is 23.2 Å². The molecule has 0 radical (unpaired) electrons. The molecule has 0 fully saturated rings. The minimum Gasteiger partial charge on any atom is -0.353 e. The average Bonchev–Trinajstić information content (AvgIpc) is 3.47. The van der Waals surface area contributed by atoms with Crippen LogP contribution in [0.15, 0.2) is 36.5 Å². The van der Waals surface area contributed by atoms with Gasteiger partial charge in [0.2, 0.25) is 5.91 Å². The van der Waals surface area contributed by atoms with Gasteiger partial charge in [0.25, 0.3) is 12.3 Å². The zero-order valence-electron chi connectivity index (χ0n) is 22.4. The van der Waals surface area contributed by atoms with Gasteiger partial charge >= 0.3 is 0 Å². The maximum atomic E-state index is 13.7. The number of anilines is 1. The van der Waals surface area contributed by atoms with Crippen molar-refractivity contribution in [1.82, 2.24) is 30.4 Å². The molecule has 39 heavy (non-hydrogen) atoms. The summed E-state index contributed by atoms with van der Waals surface area (Å²) in [5.41, 5.74) is 3.66. The van der Waals surface area contributed by atoms with Crippen LogP contribution in [0, 0.1) is 12.7 Å². The Labute approximate surface area is 225 Å². The molecule has 0 unspecified atom stereocenters. The zero-order chi connectivity index (χ0) is 28.1. The van der Waals surface area contributed by atoms with E-state index in [1.807, 2.05) is 24.9 Å². The Morgan fingerprint density at radius 1 is 1.10 bits per heavy atom. The van der Waals surface area contributed by atoms with Crippen LogP contribution >= 0.6 is 0 Å². The molecule has 12 heteroatoms. The summed E-state index contributed by atoms with van der Waals surface area (Å²) in [6.07, 6.45) is -0.980. The molecule has 0 saturated heterocycles. The molecule has 1 aliphatic rings. The second-order valence-corrected chi connectivity index (χ2v) is 9.65. The molecule has 0 atom stereocenters. The summed E-state index contributed by atoms with van der Waals surface area (Å²) >= 11 is 0. The molecule has 2 aromatic carbocycles. The largest absolute Gasteiger partial charge is 0.353 e. The van der Waals surface area contributed by atoms with Gasteiger partial charge in [0.15, 0.2) is 0 Å². The van der Waals surface area contributed by atoms with Crippen LogP contribution in [0.2, 0.25) is 0 Å². The quantitative estimate of drug-likeness (QED) is 0.341. The van der Waals surface area contributed by atoms with Gasteiger partial charge in [-0.15, -0.1) is 0 Å². The first-order valence-electron chi connectivity index (χ1n) is 12.9. The van der Waals surface area contributed by atoms with Gasteiger partial charge in [0.1, 0.15) is 12.4 Å². The normalized spacial score (nSPS) is 13.2. The van der Waals surface area contributed by atoms with Gasteiger partial charge in [-0.1, -0.05) is 13.0 Å². The molecule has 210 valence electrons. The average molecular weight is 546 g/mol. The highest BCUT2D eigenvalue weighted by Gasteiger charge is 2.27. The highest BCUT2D eigenvalue weighted by molar-refractivity contribution is 5.90. The lowest BCUT2D eigenvalue weighted by Crippen LogP contribution is -2.48. The number of nitrogens with one attached hydrogen (secondary N) is 2. The van der Waals surface area contributed by atoms with E-state index in [2.05, 4.69) is 15.7 Å². The van der Waals surface area contributed by atoms with Crippen molar-refractivity contribution in [2.75, 3.05) is 44.7 Å². The van der Waals surface area contributed by atoms with Gasteiger partial charge < -0.3 is 15.5 Å². The molecule has 0 aliphatic carbocycles. The number of aryl methyl sites for hydroxylation is 1. The van der Waals surface area contributed by atoms with Crippen molar-refractivity contribution in [3.8, 4) is 0 Å². The van der Waals surface area contributed by atoms with Crippen LogP contribution in [0.5, 0.6) is 0 Å². The maximum absolute atomic E-state index is 13.7. The molecule has 2 amide bonds. The highest BCUT2D eigenvalue weighted by atomic mass is 19.3. The summed E-state index contributed by atoms with van der Waals surface area (Å²) in [7, 11) is 1.65. The van der Waals surface area contributed by atoms with Crippen LogP contribution in [0.25, 0.3) is 10.9 Å². The summed E-state index contributed by atoms with van der Waals surface area (Å²) in [6.45, 7) is 5.81. The number of halogens is 3. The molecule has 2 heterocycles. The number of likely N-dealkylation sites (N-methyl/N-ethyl adjacent to an activating group) is 2. The van der Waals surface area contributed by atoms with Crippen LogP contribution in [-0.2, 0) is 29.2 Å². The van der Waals surface area contributed by atoms with E-state index < -0.39 is 13.0 Å². The third-order valence-electron chi connectivity index (χ3n) is 6.73. The molecule has 9 nitrogen and oxygen atoms in total. The molecule has 0 saturated carbocycles. The second kappa shape index (κ2) is 12.5. The number of carbonyl (C=O) groups is 2. The number of nitrogens with zero attached hydrogens (tertiary/aromatic N) is 5. The van der Waals surface area contributed by atoms with Gasteiger partial charge in [-0.3, -0.25) is 19.3 Å². The van der Waals surface area contributed by atoms with Crippen molar-refractivity contribution in [1.29, 1.82) is 0 Å². The van der Waals surface area contributed by atoms with Gasteiger partial charge in [-0.05, 0) is 54.4 Å². The molecule has 0 bridgehead atoms. The summed E-state index contributed by atoms with van der Waals surface area (Å²) in [5.74, 6) is -0.834. The smallest absolute Gasteiger partial charge is 0.257 e. The monoisotopic (exact) mass is 545 g/mol. The molecular formula is C27H34F3N7O2. The topological polar surface area (TPSA) is 85.7 Å². The van der Waals surface area contributed by atoms with Crippen LogP contribution in [0.4, 0.5) is 18.9 Å². The van der Waals surface area contributed by atoms with E-state index in [0.29, 0.717) is 42.8 Å². The first-order valence-corrected chi connectivity index (χ1v) is 12.9. The van der Waals surface area contributed by atoms with Crippen LogP contribution in [0.1, 0.15) is 23.6 Å². The molecule has 0 spiro atoms. The first-order chi connectivity index (χ1) is 18.6. The summed E-state index contributed by atoms with van der Waals surface area (Å²) in [4.78, 5) is 27.9. The van der Waals surface area contributed by atoms with E-state index >= 15 is 0 Å². The van der Waals surface area contributed by atoms with E-state index in [9.17, 15) is 22.8 Å². The standard InChI is InChI=1S/C27H34F3N7O2/c1-4-31-7-8-32-26(38)16-35(24-11-23-21(9-18(24)2)12-36(33-23)15-25(29)30)17-27(39)34(3)37-13-19-5-6-22(28)10-20(19)14-37/h5-6,9-12,25,31H,4,7-8,13-17H2,1-3H3,(H,32,38). The van der Waals surface area contributed by atoms with Crippen molar-refractivity contribution in [3.63, 3.8) is 0 Å². The molecule has 3 aromatic rings. The summed E-state index contributed by atoms with van der Waals surface area (Å²) in [5, 5.41) is 14.3. The number of amides is 2. The van der Waals surface area contributed by atoms with Gasteiger partial charge in [0.05, 0.1) is 18.6 Å². The number of benzene rings is 2. The van der Waals surface area contributed by atoms with Crippen molar-refractivity contribution >= 4 is 28.4 Å². The van der Waals surface area contributed by atoms with Crippen molar-refractivity contribution in [2.45, 2.75) is 39.9 Å². The Balaban J connectivity index is 1.54. The number of alkyl halides is 2. The summed E-state index contributed by atoms with van der Waals surface area (Å²) in [6, 6.07) is 8.14. The predicted molar refractivity (Wildman–Crippen MR) is 143 cm³/mol. The van der Waals surface area contributed by atoms with E-state index in [1.54, 1.807) is 30.3 Å². The van der Waals surface area contributed by atoms with Crippen molar-refractivity contribution in [3.05, 3.63) is 59.0 Å². The summed E-state index contributed by atoms with van der Waals surface area (Å²) < 4.78 is 40.7. The predicted octanol–water partition coefficient (Wildman–Crippen LogP) is 2.67. The maximum Gasteiger partial charge on any atom is 0.257 e. The van der Waals surface area contributed by atoms with Crippen molar-refractivity contribution < 1.29 is 22.8 Å². The van der Waals surface area contributed by atoms with Crippen LogP contribution in [-0.4, -0.2) is 77.8 Å². The van der Waals surface area contributed by atoms with Gasteiger partial charge in [-0.2, -0.15) is 5.10 Å². The lowest BCUT2D eigenvalue weighted by Gasteiger charge is -2.32. The molecule has 2 N–H and O–H groups in total. The highest BCUT2D eigenvalue weighted by Crippen LogP contribution is 2.28. The fourth-order valence-corrected chi connectivity index (χ4v) is 4.70. The van der Waals surface area contributed by atoms with Gasteiger partial charge in [0, 0.05) is 50.5 Å². The number of hydrazine groups is 1. The van der Waals surface area contributed by atoms with E-state index in [1.165, 1.54) is 21.8 Å². The number of hydrogen-bond donors (Lipinski definition) is 2. The molecule has 1 aromatic heterocycles. The lowest BCUT2D eigenvalue weighted by molar-refractivity contribution is -0.145. The molecule has 1 aliphatic heterocycles. The fourth-order valence-electron chi connectivity index (χ4n) is 4.70. The Hall–Kier alpha value is -3.64. The van der Waals surface area contributed by atoms with Gasteiger partial charge in [-0.25, -0.2) is 18.2 Å². The van der Waals surface area contributed by atoms with E-state index in [4.69, 9.17) is 0 Å². The molecular weight excluding hydrogens is 511 g/mol. The minimum absolute atomic E-state index is 0.0821. The first kappa shape index (κ1) is 28.4. The van der Waals surface area contributed by atoms with Crippen LogP contribution < -0.4 is 15.5 Å².